The van der Waals surface area contributed by atoms with E-state index in [1.807, 2.05) is 61.5 Å². The average molecular weight is 619 g/mol. The van der Waals surface area contributed by atoms with Crippen molar-refractivity contribution in [1.29, 1.82) is 0 Å². The van der Waals surface area contributed by atoms with Gasteiger partial charge in [0.25, 0.3) is 0 Å². The highest BCUT2D eigenvalue weighted by atomic mass is 79.9. The van der Waals surface area contributed by atoms with Crippen LogP contribution in [-0.4, -0.2) is 50.5 Å². The third-order valence-electron chi connectivity index (χ3n) is 6.16. The predicted octanol–water partition coefficient (Wildman–Crippen LogP) is 4.91. The van der Waals surface area contributed by atoms with Gasteiger partial charge in [-0.2, -0.15) is 0 Å². The normalized spacial score (nSPS) is 12.0. The van der Waals surface area contributed by atoms with Gasteiger partial charge in [0, 0.05) is 36.9 Å². The SMILES string of the molecule is CCNC(=O)C(Cc1ccccc1)N(Cc1ccc(Br)cc1)C(=O)CCCN(c1ccccc1F)S(C)(=O)=O. The van der Waals surface area contributed by atoms with E-state index in [2.05, 4.69) is 21.2 Å². The molecule has 3 rings (SSSR count). The molecule has 1 atom stereocenters. The minimum atomic E-state index is -3.79. The predicted molar refractivity (Wildman–Crippen MR) is 155 cm³/mol. The van der Waals surface area contributed by atoms with Crippen LogP contribution in [-0.2, 0) is 32.6 Å². The molecule has 0 aliphatic rings. The molecule has 0 aliphatic carbocycles. The Morgan fingerprint density at radius 3 is 2.21 bits per heavy atom. The number of anilines is 1. The Bertz CT molecular complexity index is 1350. The minimum Gasteiger partial charge on any atom is -0.355 e. The molecular formula is C29H33BrFN3O4S. The van der Waals surface area contributed by atoms with Crippen LogP contribution < -0.4 is 9.62 Å². The van der Waals surface area contributed by atoms with Gasteiger partial charge in [0.05, 0.1) is 11.9 Å². The lowest BCUT2D eigenvalue weighted by Crippen LogP contribution is -2.50. The zero-order valence-corrected chi connectivity index (χ0v) is 24.4. The van der Waals surface area contributed by atoms with E-state index >= 15 is 0 Å². The van der Waals surface area contributed by atoms with E-state index in [0.717, 1.165) is 26.2 Å². The summed E-state index contributed by atoms with van der Waals surface area (Å²) in [5.41, 5.74) is 1.69. The summed E-state index contributed by atoms with van der Waals surface area (Å²) >= 11 is 3.42. The van der Waals surface area contributed by atoms with Gasteiger partial charge >= 0.3 is 0 Å². The topological polar surface area (TPSA) is 86.8 Å². The molecule has 2 amide bonds. The summed E-state index contributed by atoms with van der Waals surface area (Å²) in [4.78, 5) is 28.5. The van der Waals surface area contributed by atoms with E-state index in [1.54, 1.807) is 11.0 Å². The Labute approximate surface area is 238 Å². The van der Waals surface area contributed by atoms with Crippen LogP contribution in [0.1, 0.15) is 30.9 Å². The fourth-order valence-electron chi connectivity index (χ4n) is 4.27. The molecule has 0 spiro atoms. The fourth-order valence-corrected chi connectivity index (χ4v) is 5.50. The van der Waals surface area contributed by atoms with E-state index in [9.17, 15) is 22.4 Å². The number of likely N-dealkylation sites (N-methyl/N-ethyl adjacent to an activating group) is 1. The van der Waals surface area contributed by atoms with Crippen molar-refractivity contribution in [3.63, 3.8) is 0 Å². The number of hydrogen-bond acceptors (Lipinski definition) is 4. The quantitative estimate of drug-likeness (QED) is 0.295. The lowest BCUT2D eigenvalue weighted by molar-refractivity contribution is -0.141. The van der Waals surface area contributed by atoms with Crippen LogP contribution in [0.4, 0.5) is 10.1 Å². The molecule has 3 aromatic rings. The standard InChI is InChI=1S/C29H33BrFN3O4S/c1-3-32-29(36)27(20-22-10-5-4-6-11-22)33(21-23-15-17-24(30)18-16-23)28(35)14-9-19-34(39(2,37)38)26-13-8-7-12-25(26)31/h4-8,10-13,15-18,27H,3,9,14,19-21H2,1-2H3,(H,32,36). The smallest absolute Gasteiger partial charge is 0.243 e. The number of nitrogens with one attached hydrogen (secondary N) is 1. The van der Waals surface area contributed by atoms with E-state index in [-0.39, 0.29) is 43.4 Å². The first-order valence-corrected chi connectivity index (χ1v) is 15.3. The van der Waals surface area contributed by atoms with Gasteiger partial charge in [-0.25, -0.2) is 12.8 Å². The van der Waals surface area contributed by atoms with E-state index in [0.29, 0.717) is 13.0 Å². The summed E-state index contributed by atoms with van der Waals surface area (Å²) in [5, 5.41) is 2.85. The van der Waals surface area contributed by atoms with Gasteiger partial charge in [0.15, 0.2) is 0 Å². The Hall–Kier alpha value is -3.24. The number of hydrogen-bond donors (Lipinski definition) is 1. The van der Waals surface area contributed by atoms with E-state index < -0.39 is 21.9 Å². The fraction of sp³-hybridized carbons (Fsp3) is 0.310. The van der Waals surface area contributed by atoms with Crippen LogP contribution in [0.25, 0.3) is 0 Å². The third kappa shape index (κ3) is 8.90. The van der Waals surface area contributed by atoms with Crippen LogP contribution >= 0.6 is 15.9 Å². The number of para-hydroxylation sites is 1. The number of sulfonamides is 1. The van der Waals surface area contributed by atoms with Crippen molar-refractivity contribution in [2.75, 3.05) is 23.7 Å². The van der Waals surface area contributed by atoms with Crippen LogP contribution in [0.5, 0.6) is 0 Å². The maximum absolute atomic E-state index is 14.4. The summed E-state index contributed by atoms with van der Waals surface area (Å²) < 4.78 is 41.1. The molecule has 3 aromatic carbocycles. The Morgan fingerprint density at radius 1 is 0.949 bits per heavy atom. The molecule has 208 valence electrons. The second-order valence-electron chi connectivity index (χ2n) is 9.14. The maximum Gasteiger partial charge on any atom is 0.243 e. The molecule has 0 heterocycles. The molecule has 0 aliphatic heterocycles. The van der Waals surface area contributed by atoms with Crippen molar-refractivity contribution < 1.29 is 22.4 Å². The lowest BCUT2D eigenvalue weighted by Gasteiger charge is -2.32. The summed E-state index contributed by atoms with van der Waals surface area (Å²) in [6.07, 6.45) is 1.44. The average Bonchev–Trinajstić information content (AvgIpc) is 2.90. The number of amides is 2. The first kappa shape index (κ1) is 30.3. The van der Waals surface area contributed by atoms with E-state index in [4.69, 9.17) is 0 Å². The van der Waals surface area contributed by atoms with Crippen LogP contribution in [0.3, 0.4) is 0 Å². The lowest BCUT2D eigenvalue weighted by atomic mass is 10.0. The van der Waals surface area contributed by atoms with Gasteiger partial charge < -0.3 is 10.2 Å². The molecule has 1 unspecified atom stereocenters. The molecule has 1 N–H and O–H groups in total. The molecule has 0 radical (unpaired) electrons. The summed E-state index contributed by atoms with van der Waals surface area (Å²) in [6, 6.07) is 21.8. The number of benzene rings is 3. The molecule has 0 fully saturated rings. The Balaban J connectivity index is 1.86. The van der Waals surface area contributed by atoms with Crippen LogP contribution in [0.15, 0.2) is 83.3 Å². The monoisotopic (exact) mass is 617 g/mol. The zero-order valence-electron chi connectivity index (χ0n) is 22.0. The highest BCUT2D eigenvalue weighted by Gasteiger charge is 2.30. The van der Waals surface area contributed by atoms with Crippen molar-refractivity contribution in [2.24, 2.45) is 0 Å². The maximum atomic E-state index is 14.4. The van der Waals surface area contributed by atoms with Crippen LogP contribution in [0.2, 0.25) is 0 Å². The number of carbonyl (C=O) groups is 2. The summed E-state index contributed by atoms with van der Waals surface area (Å²) in [6.45, 7) is 2.35. The largest absolute Gasteiger partial charge is 0.355 e. The molecular weight excluding hydrogens is 585 g/mol. The number of rotatable bonds is 13. The molecule has 0 saturated carbocycles. The van der Waals surface area contributed by atoms with Crippen molar-refractivity contribution in [2.45, 2.75) is 38.8 Å². The molecule has 10 heteroatoms. The highest BCUT2D eigenvalue weighted by Crippen LogP contribution is 2.23. The summed E-state index contributed by atoms with van der Waals surface area (Å²) in [5.74, 6) is -1.23. The summed E-state index contributed by atoms with van der Waals surface area (Å²) in [7, 11) is -3.79. The first-order chi connectivity index (χ1) is 18.6. The van der Waals surface area contributed by atoms with Gasteiger partial charge in [-0.1, -0.05) is 70.5 Å². The second-order valence-corrected chi connectivity index (χ2v) is 12.0. The molecule has 0 aromatic heterocycles. The Morgan fingerprint density at radius 2 is 1.59 bits per heavy atom. The van der Waals surface area contributed by atoms with Gasteiger partial charge in [-0.05, 0) is 48.7 Å². The molecule has 0 bridgehead atoms. The van der Waals surface area contributed by atoms with Crippen molar-refractivity contribution in [3.05, 3.63) is 100 Å². The van der Waals surface area contributed by atoms with Gasteiger partial charge in [-0.3, -0.25) is 13.9 Å². The highest BCUT2D eigenvalue weighted by molar-refractivity contribution is 9.10. The second kappa shape index (κ2) is 14.2. The number of carbonyl (C=O) groups excluding carboxylic acids is 2. The number of nitrogens with zero attached hydrogens (tertiary/aromatic N) is 2. The Kier molecular flexibility index (Phi) is 11.1. The van der Waals surface area contributed by atoms with Crippen molar-refractivity contribution in [1.82, 2.24) is 10.2 Å². The third-order valence-corrected chi connectivity index (χ3v) is 7.87. The van der Waals surface area contributed by atoms with Gasteiger partial charge in [-0.15, -0.1) is 0 Å². The van der Waals surface area contributed by atoms with E-state index in [1.165, 1.54) is 18.2 Å². The van der Waals surface area contributed by atoms with Crippen LogP contribution in [0, 0.1) is 5.82 Å². The minimum absolute atomic E-state index is 0.0261. The molecule has 0 saturated heterocycles. The van der Waals surface area contributed by atoms with Crippen molar-refractivity contribution >= 4 is 43.5 Å². The molecule has 39 heavy (non-hydrogen) atoms. The zero-order chi connectivity index (χ0) is 28.4. The number of halogens is 2. The molecule has 7 nitrogen and oxygen atoms in total. The van der Waals surface area contributed by atoms with Crippen molar-refractivity contribution in [3.8, 4) is 0 Å². The van der Waals surface area contributed by atoms with Gasteiger partial charge in [0.1, 0.15) is 11.9 Å². The first-order valence-electron chi connectivity index (χ1n) is 12.7. The van der Waals surface area contributed by atoms with Gasteiger partial charge in [0.2, 0.25) is 21.8 Å².